The number of benzene rings is 2. The number of hydroxylamine groups is 2. The highest BCUT2D eigenvalue weighted by molar-refractivity contribution is 14.1. The molecule has 0 radical (unpaired) electrons. The minimum atomic E-state index is -1.37. The summed E-state index contributed by atoms with van der Waals surface area (Å²) in [7, 11) is 0. The molecule has 3 saturated heterocycles. The Balaban J connectivity index is 1.07. The first-order chi connectivity index (χ1) is 24.3. The number of aliphatic hydroxyl groups is 1. The quantitative estimate of drug-likeness (QED) is 0.226. The molecule has 2 aromatic rings. The third-order valence-electron chi connectivity index (χ3n) is 10.3. The van der Waals surface area contributed by atoms with Gasteiger partial charge >= 0.3 is 11.9 Å². The number of fused-ring (bicyclic) bond motifs is 5. The summed E-state index contributed by atoms with van der Waals surface area (Å²) in [5, 5.41) is 17.0. The van der Waals surface area contributed by atoms with Crippen LogP contribution in [0.2, 0.25) is 0 Å². The number of aliphatic hydroxyl groups excluding tert-OH is 1. The van der Waals surface area contributed by atoms with Crippen molar-refractivity contribution in [3.63, 3.8) is 0 Å². The molecule has 2 aromatic carbocycles. The molecule has 2 bridgehead atoms. The summed E-state index contributed by atoms with van der Waals surface area (Å²) in [5.74, 6) is -2.79. The third-order valence-corrected chi connectivity index (χ3v) is 11.0. The van der Waals surface area contributed by atoms with Gasteiger partial charge in [0.15, 0.2) is 11.8 Å². The first kappa shape index (κ1) is 36.2. The van der Waals surface area contributed by atoms with E-state index in [4.69, 9.17) is 23.8 Å². The van der Waals surface area contributed by atoms with Gasteiger partial charge < -0.3 is 34.7 Å². The smallest absolute Gasteiger partial charge is 0.327 e. The van der Waals surface area contributed by atoms with E-state index in [-0.39, 0.29) is 45.4 Å². The lowest BCUT2D eigenvalue weighted by Crippen LogP contribution is -2.69. The van der Waals surface area contributed by atoms with Gasteiger partial charge in [-0.15, -0.1) is 0 Å². The average molecular weight is 818 g/mol. The number of rotatable bonds is 11. The number of hydrogen-bond acceptors (Lipinski definition) is 11. The van der Waals surface area contributed by atoms with Crippen molar-refractivity contribution in [2.75, 3.05) is 13.2 Å². The molecule has 4 fully saturated rings. The lowest BCUT2D eigenvalue weighted by molar-refractivity contribution is -0.217. The number of carbonyl (C=O) groups excluding carboxylic acids is 4. The Hall–Kier alpha value is -3.15. The van der Waals surface area contributed by atoms with E-state index in [1.807, 2.05) is 36.4 Å². The van der Waals surface area contributed by atoms with Gasteiger partial charge in [-0.3, -0.25) is 24.0 Å². The Labute approximate surface area is 310 Å². The fraction of sp³-hybridized carbons (Fsp3) is 0.568. The van der Waals surface area contributed by atoms with Gasteiger partial charge in [0.25, 0.3) is 0 Å². The Bertz CT molecular complexity index is 1660. The number of halogens is 1. The van der Waals surface area contributed by atoms with Crippen LogP contribution in [0.25, 0.3) is 0 Å². The molecule has 5 aliphatic rings. The molecule has 51 heavy (non-hydrogen) atoms. The van der Waals surface area contributed by atoms with Crippen LogP contribution in [0.4, 0.5) is 0 Å². The zero-order chi connectivity index (χ0) is 36.1. The van der Waals surface area contributed by atoms with Crippen LogP contribution in [0.3, 0.4) is 0 Å². The molecule has 7 atom stereocenters. The number of esters is 2. The molecule has 3 aliphatic heterocycles. The van der Waals surface area contributed by atoms with E-state index in [0.29, 0.717) is 12.8 Å². The second-order valence-corrected chi connectivity index (χ2v) is 16.4. The highest BCUT2D eigenvalue weighted by atomic mass is 127. The fourth-order valence-electron chi connectivity index (χ4n) is 8.18. The second-order valence-electron chi connectivity index (χ2n) is 15.1. The molecular formula is C37H44IN3O10. The summed E-state index contributed by atoms with van der Waals surface area (Å²) in [6.45, 7) is 5.15. The van der Waals surface area contributed by atoms with Crippen molar-refractivity contribution >= 4 is 46.3 Å². The molecule has 2 amide bonds. The molecule has 7 unspecified atom stereocenters. The van der Waals surface area contributed by atoms with Crippen molar-refractivity contribution in [2.45, 2.75) is 114 Å². The monoisotopic (exact) mass is 817 g/mol. The summed E-state index contributed by atoms with van der Waals surface area (Å²) in [5.41, 5.74) is 1.14. The van der Waals surface area contributed by atoms with Crippen molar-refractivity contribution in [3.05, 3.63) is 68.8 Å². The van der Waals surface area contributed by atoms with Gasteiger partial charge in [0.2, 0.25) is 11.8 Å². The Morgan fingerprint density at radius 2 is 1.73 bits per heavy atom. The second kappa shape index (κ2) is 14.0. The van der Waals surface area contributed by atoms with E-state index in [1.165, 1.54) is 0 Å². The highest BCUT2D eigenvalue weighted by Gasteiger charge is 2.76. The molecule has 2 aliphatic carbocycles. The van der Waals surface area contributed by atoms with Gasteiger partial charge in [0, 0.05) is 42.2 Å². The van der Waals surface area contributed by atoms with Gasteiger partial charge in [0.1, 0.15) is 35.4 Å². The molecule has 0 aromatic heterocycles. The zero-order valence-corrected chi connectivity index (χ0v) is 31.1. The van der Waals surface area contributed by atoms with Crippen LogP contribution in [0.15, 0.2) is 48.5 Å². The van der Waals surface area contributed by atoms with Crippen LogP contribution >= 0.6 is 22.6 Å². The Morgan fingerprint density at radius 1 is 1.04 bits per heavy atom. The van der Waals surface area contributed by atoms with E-state index in [2.05, 4.69) is 45.4 Å². The summed E-state index contributed by atoms with van der Waals surface area (Å²) in [4.78, 5) is 60.0. The van der Waals surface area contributed by atoms with E-state index in [9.17, 15) is 24.3 Å². The maximum absolute atomic E-state index is 14.5. The maximum Gasteiger partial charge on any atom is 0.327 e. The molecule has 14 heteroatoms. The van der Waals surface area contributed by atoms with E-state index in [0.717, 1.165) is 20.3 Å². The molecule has 13 nitrogen and oxygen atoms in total. The Kier molecular flexibility index (Phi) is 9.95. The van der Waals surface area contributed by atoms with Crippen LogP contribution in [-0.4, -0.2) is 95.0 Å². The fourth-order valence-corrected chi connectivity index (χ4v) is 8.54. The minimum Gasteiger partial charge on any atom is -0.460 e. The SMILES string of the molecule is CC(C)(C)OC(=O)CCC(CO)NC(=O)CCNC(=O)C12CC3OC(=O)C1N(Cc1ccc(I)cc1)OC2C1OC2(Cc4ccccc4C2)OC31. The minimum absolute atomic E-state index is 0.0299. The maximum atomic E-state index is 14.5. The lowest BCUT2D eigenvalue weighted by Gasteiger charge is -2.48. The summed E-state index contributed by atoms with van der Waals surface area (Å²) >= 11 is 2.23. The normalized spacial score (nSPS) is 29.2. The van der Waals surface area contributed by atoms with Gasteiger partial charge in [-0.25, -0.2) is 0 Å². The van der Waals surface area contributed by atoms with E-state index < -0.39 is 77.1 Å². The summed E-state index contributed by atoms with van der Waals surface area (Å²) < 4.78 is 25.9. The first-order valence-corrected chi connectivity index (χ1v) is 18.6. The topological polar surface area (TPSA) is 162 Å². The molecule has 1 saturated carbocycles. The van der Waals surface area contributed by atoms with Gasteiger partial charge in [-0.05, 0) is 78.6 Å². The van der Waals surface area contributed by atoms with Crippen molar-refractivity contribution in [2.24, 2.45) is 5.41 Å². The molecular weight excluding hydrogens is 773 g/mol. The molecule has 274 valence electrons. The van der Waals surface area contributed by atoms with Gasteiger partial charge in [0.05, 0.1) is 19.2 Å². The van der Waals surface area contributed by atoms with Gasteiger partial charge in [-0.2, -0.15) is 5.06 Å². The zero-order valence-electron chi connectivity index (χ0n) is 28.9. The van der Waals surface area contributed by atoms with E-state index in [1.54, 1.807) is 25.8 Å². The largest absolute Gasteiger partial charge is 0.460 e. The predicted octanol–water partition coefficient (Wildman–Crippen LogP) is 2.48. The van der Waals surface area contributed by atoms with Crippen LogP contribution in [0.1, 0.15) is 63.1 Å². The summed E-state index contributed by atoms with van der Waals surface area (Å²) in [6, 6.07) is 14.2. The van der Waals surface area contributed by atoms with Crippen molar-refractivity contribution in [1.29, 1.82) is 0 Å². The number of amides is 2. The van der Waals surface area contributed by atoms with Crippen LogP contribution in [-0.2, 0) is 62.3 Å². The third kappa shape index (κ3) is 7.14. The van der Waals surface area contributed by atoms with Crippen LogP contribution < -0.4 is 10.6 Å². The Morgan fingerprint density at radius 3 is 2.39 bits per heavy atom. The van der Waals surface area contributed by atoms with Crippen LogP contribution in [0.5, 0.6) is 0 Å². The van der Waals surface area contributed by atoms with Crippen molar-refractivity contribution < 1.29 is 48.1 Å². The number of nitrogens with zero attached hydrogens (tertiary/aromatic N) is 1. The van der Waals surface area contributed by atoms with Crippen molar-refractivity contribution in [3.8, 4) is 0 Å². The first-order valence-electron chi connectivity index (χ1n) is 17.5. The molecule has 3 N–H and O–H groups in total. The van der Waals surface area contributed by atoms with Gasteiger partial charge in [-0.1, -0.05) is 36.4 Å². The van der Waals surface area contributed by atoms with Crippen molar-refractivity contribution in [1.82, 2.24) is 15.7 Å². The number of hydrogen-bond donors (Lipinski definition) is 3. The number of ether oxygens (including phenoxy) is 4. The average Bonchev–Trinajstić information content (AvgIpc) is 3.74. The predicted molar refractivity (Wildman–Crippen MR) is 188 cm³/mol. The summed E-state index contributed by atoms with van der Waals surface area (Å²) in [6.07, 6.45) is -1.55. The van der Waals surface area contributed by atoms with Crippen LogP contribution in [0, 0.1) is 8.99 Å². The number of carbonyl (C=O) groups is 4. The lowest BCUT2D eigenvalue weighted by atomic mass is 9.62. The van der Waals surface area contributed by atoms with E-state index >= 15 is 0 Å². The molecule has 1 spiro atoms. The molecule has 3 heterocycles. The number of nitrogens with one attached hydrogen (secondary N) is 2. The highest BCUT2D eigenvalue weighted by Crippen LogP contribution is 2.58. The standard InChI is InChI=1S/C37H44IN3O10/c1-35(2,3)48-28(44)13-12-25(20-42)40-27(43)14-15-39-34(46)37-18-26-29-30(50-36(49-29)16-22-6-4-5-7-23(22)17-36)32(37)51-41(31(37)33(45)47-26)19-21-8-10-24(38)11-9-21/h4-11,25-26,29-32,42H,12-20H2,1-3H3,(H,39,46)(H,40,43). The molecule has 7 rings (SSSR count).